The normalized spacial score (nSPS) is 12.3. The molecule has 96 valence electrons. The van der Waals surface area contributed by atoms with E-state index in [0.717, 1.165) is 17.2 Å². The molecular weight excluding hydrogens is 244 g/mol. The van der Waals surface area contributed by atoms with Crippen LogP contribution in [0.15, 0.2) is 35.8 Å². The van der Waals surface area contributed by atoms with Crippen LogP contribution >= 0.6 is 11.3 Å². The molecule has 0 aliphatic carbocycles. The number of aromatic nitrogens is 1. The second-order valence-electron chi connectivity index (χ2n) is 4.25. The van der Waals surface area contributed by atoms with Crippen molar-refractivity contribution in [3.05, 3.63) is 46.4 Å². The van der Waals surface area contributed by atoms with Gasteiger partial charge in [-0.15, -0.1) is 11.3 Å². The van der Waals surface area contributed by atoms with Gasteiger partial charge in [-0.1, -0.05) is 12.1 Å². The molecule has 0 saturated carbocycles. The van der Waals surface area contributed by atoms with Crippen molar-refractivity contribution in [2.75, 3.05) is 7.05 Å². The van der Waals surface area contributed by atoms with Crippen molar-refractivity contribution in [1.29, 1.82) is 0 Å². The van der Waals surface area contributed by atoms with Gasteiger partial charge in [0.05, 0.1) is 0 Å². The molecule has 1 heterocycles. The van der Waals surface area contributed by atoms with Crippen molar-refractivity contribution in [2.24, 2.45) is 0 Å². The maximum atomic E-state index is 5.67. The van der Waals surface area contributed by atoms with E-state index in [2.05, 4.69) is 29.4 Å². The zero-order valence-corrected chi connectivity index (χ0v) is 11.5. The number of benzene rings is 1. The minimum Gasteiger partial charge on any atom is -0.486 e. The first-order valence-electron chi connectivity index (χ1n) is 6.05. The van der Waals surface area contributed by atoms with Crippen LogP contribution in [0.1, 0.15) is 17.5 Å². The van der Waals surface area contributed by atoms with Crippen LogP contribution in [0.5, 0.6) is 5.75 Å². The fourth-order valence-corrected chi connectivity index (χ4v) is 2.17. The van der Waals surface area contributed by atoms with Crippen LogP contribution in [0, 0.1) is 0 Å². The van der Waals surface area contributed by atoms with Gasteiger partial charge in [-0.05, 0) is 38.1 Å². The largest absolute Gasteiger partial charge is 0.486 e. The summed E-state index contributed by atoms with van der Waals surface area (Å²) < 4.78 is 5.67. The lowest BCUT2D eigenvalue weighted by Crippen LogP contribution is -2.23. The zero-order chi connectivity index (χ0) is 12.8. The Bertz CT molecular complexity index is 453. The number of nitrogens with one attached hydrogen (secondary N) is 1. The van der Waals surface area contributed by atoms with Crippen molar-refractivity contribution in [3.63, 3.8) is 0 Å². The highest BCUT2D eigenvalue weighted by atomic mass is 32.1. The minimum absolute atomic E-state index is 0.493. The second kappa shape index (κ2) is 6.52. The summed E-state index contributed by atoms with van der Waals surface area (Å²) in [7, 11) is 1.98. The minimum atomic E-state index is 0.493. The number of likely N-dealkylation sites (N-methyl/N-ethyl adjacent to an activating group) is 1. The summed E-state index contributed by atoms with van der Waals surface area (Å²) in [6.07, 6.45) is 2.83. The van der Waals surface area contributed by atoms with E-state index in [0.29, 0.717) is 12.6 Å². The summed E-state index contributed by atoms with van der Waals surface area (Å²) in [5.74, 6) is 0.895. The molecule has 0 radical (unpaired) electrons. The lowest BCUT2D eigenvalue weighted by atomic mass is 10.1. The van der Waals surface area contributed by atoms with Gasteiger partial charge in [0.25, 0.3) is 0 Å². The molecule has 2 rings (SSSR count). The summed E-state index contributed by atoms with van der Waals surface area (Å²) in [5.41, 5.74) is 1.32. The molecule has 0 aliphatic heterocycles. The molecule has 1 atom stereocenters. The lowest BCUT2D eigenvalue weighted by molar-refractivity contribution is 0.305. The average Bonchev–Trinajstić information content (AvgIpc) is 2.91. The third-order valence-electron chi connectivity index (χ3n) is 2.80. The Morgan fingerprint density at radius 2 is 2.11 bits per heavy atom. The predicted octanol–water partition coefficient (Wildman–Crippen LogP) is 2.87. The summed E-state index contributed by atoms with van der Waals surface area (Å²) in [6, 6.07) is 8.76. The molecule has 4 heteroatoms. The van der Waals surface area contributed by atoms with Crippen molar-refractivity contribution in [2.45, 2.75) is 26.0 Å². The fraction of sp³-hybridized carbons (Fsp3) is 0.357. The first-order valence-corrected chi connectivity index (χ1v) is 6.93. The van der Waals surface area contributed by atoms with E-state index in [1.165, 1.54) is 5.56 Å². The number of ether oxygens (including phenoxy) is 1. The van der Waals surface area contributed by atoms with Gasteiger partial charge in [0.1, 0.15) is 17.4 Å². The molecule has 18 heavy (non-hydrogen) atoms. The number of rotatable bonds is 6. The molecule has 0 bridgehead atoms. The van der Waals surface area contributed by atoms with Crippen molar-refractivity contribution >= 4 is 11.3 Å². The highest BCUT2D eigenvalue weighted by Crippen LogP contribution is 2.15. The van der Waals surface area contributed by atoms with E-state index in [4.69, 9.17) is 4.74 Å². The monoisotopic (exact) mass is 262 g/mol. The standard InChI is InChI=1S/C14H18N2OS/c1-11(15-2)9-12-3-5-13(6-4-12)17-10-14-16-7-8-18-14/h3-8,11,15H,9-10H2,1-2H3. The van der Waals surface area contributed by atoms with Crippen molar-refractivity contribution in [1.82, 2.24) is 10.3 Å². The summed E-state index contributed by atoms with van der Waals surface area (Å²) >= 11 is 1.61. The molecule has 1 aromatic carbocycles. The number of hydrogen-bond acceptors (Lipinski definition) is 4. The maximum absolute atomic E-state index is 5.67. The first kappa shape index (κ1) is 13.1. The molecule has 2 aromatic rings. The molecule has 1 unspecified atom stereocenters. The van der Waals surface area contributed by atoms with E-state index in [9.17, 15) is 0 Å². The molecule has 0 amide bonds. The van der Waals surface area contributed by atoms with Gasteiger partial charge in [-0.25, -0.2) is 4.98 Å². The smallest absolute Gasteiger partial charge is 0.140 e. The van der Waals surface area contributed by atoms with Gasteiger partial charge < -0.3 is 10.1 Å². The van der Waals surface area contributed by atoms with Gasteiger partial charge in [-0.2, -0.15) is 0 Å². The molecule has 1 N–H and O–H groups in total. The quantitative estimate of drug-likeness (QED) is 0.869. The molecule has 0 aliphatic rings. The Morgan fingerprint density at radius 3 is 2.72 bits per heavy atom. The molecule has 1 aromatic heterocycles. The van der Waals surface area contributed by atoms with Crippen LogP contribution in [0.3, 0.4) is 0 Å². The van der Waals surface area contributed by atoms with Crippen LogP contribution in [0.25, 0.3) is 0 Å². The van der Waals surface area contributed by atoms with Crippen LogP contribution in [0.4, 0.5) is 0 Å². The Kier molecular flexibility index (Phi) is 4.73. The van der Waals surface area contributed by atoms with E-state index >= 15 is 0 Å². The maximum Gasteiger partial charge on any atom is 0.140 e. The topological polar surface area (TPSA) is 34.1 Å². The van der Waals surface area contributed by atoms with Gasteiger partial charge >= 0.3 is 0 Å². The lowest BCUT2D eigenvalue weighted by Gasteiger charge is -2.10. The van der Waals surface area contributed by atoms with Gasteiger partial charge in [-0.3, -0.25) is 0 Å². The molecular formula is C14H18N2OS. The summed E-state index contributed by atoms with van der Waals surface area (Å²) in [6.45, 7) is 2.72. The third-order valence-corrected chi connectivity index (χ3v) is 3.56. The molecule has 0 saturated heterocycles. The average molecular weight is 262 g/mol. The van der Waals surface area contributed by atoms with E-state index in [-0.39, 0.29) is 0 Å². The van der Waals surface area contributed by atoms with Gasteiger partial charge in [0.2, 0.25) is 0 Å². The van der Waals surface area contributed by atoms with E-state index < -0.39 is 0 Å². The molecule has 0 spiro atoms. The number of nitrogens with zero attached hydrogens (tertiary/aromatic N) is 1. The van der Waals surface area contributed by atoms with Crippen LogP contribution in [-0.4, -0.2) is 18.1 Å². The Morgan fingerprint density at radius 1 is 1.33 bits per heavy atom. The van der Waals surface area contributed by atoms with Gasteiger partial charge in [0, 0.05) is 17.6 Å². The second-order valence-corrected chi connectivity index (χ2v) is 5.23. The number of hydrogen-bond donors (Lipinski definition) is 1. The Hall–Kier alpha value is -1.39. The predicted molar refractivity (Wildman–Crippen MR) is 75.1 cm³/mol. The van der Waals surface area contributed by atoms with E-state index in [1.807, 2.05) is 24.6 Å². The summed E-state index contributed by atoms with van der Waals surface area (Å²) in [5, 5.41) is 6.20. The SMILES string of the molecule is CNC(C)Cc1ccc(OCc2nccs2)cc1. The fourth-order valence-electron chi connectivity index (χ4n) is 1.65. The zero-order valence-electron chi connectivity index (χ0n) is 10.7. The van der Waals surface area contributed by atoms with Crippen molar-refractivity contribution in [3.8, 4) is 5.75 Å². The third kappa shape index (κ3) is 3.82. The summed E-state index contributed by atoms with van der Waals surface area (Å²) in [4.78, 5) is 4.18. The van der Waals surface area contributed by atoms with Crippen LogP contribution in [0.2, 0.25) is 0 Å². The van der Waals surface area contributed by atoms with Gasteiger partial charge in [0.15, 0.2) is 0 Å². The Balaban J connectivity index is 1.87. The van der Waals surface area contributed by atoms with Crippen LogP contribution < -0.4 is 10.1 Å². The highest BCUT2D eigenvalue weighted by molar-refractivity contribution is 7.09. The first-order chi connectivity index (χ1) is 8.78. The Labute approximate surface area is 112 Å². The van der Waals surface area contributed by atoms with Crippen molar-refractivity contribution < 1.29 is 4.74 Å². The highest BCUT2D eigenvalue weighted by Gasteiger charge is 2.02. The number of thiazole rings is 1. The molecule has 0 fully saturated rings. The van der Waals surface area contributed by atoms with E-state index in [1.54, 1.807) is 17.5 Å². The molecule has 3 nitrogen and oxygen atoms in total. The van der Waals surface area contributed by atoms with Crippen LogP contribution in [-0.2, 0) is 13.0 Å².